The number of fused-ring (bicyclic) bond motifs is 2. The molecule has 7 rings (SSSR count). The van der Waals surface area contributed by atoms with Crippen molar-refractivity contribution in [3.63, 3.8) is 0 Å². The number of hydrogen-bond donors (Lipinski definition) is 2. The molecule has 0 radical (unpaired) electrons. The van der Waals surface area contributed by atoms with E-state index in [1.54, 1.807) is 42.3 Å². The Morgan fingerprint density at radius 2 is 1.87 bits per heavy atom. The molecule has 1 amide bonds. The van der Waals surface area contributed by atoms with Gasteiger partial charge >= 0.3 is 0 Å². The topological polar surface area (TPSA) is 142 Å². The summed E-state index contributed by atoms with van der Waals surface area (Å²) < 4.78 is 35.7. The van der Waals surface area contributed by atoms with E-state index in [4.69, 9.17) is 23.3 Å². The van der Waals surface area contributed by atoms with Crippen LogP contribution in [-0.2, 0) is 28.9 Å². The van der Waals surface area contributed by atoms with Crippen molar-refractivity contribution in [3.05, 3.63) is 84.4 Å². The zero-order valence-corrected chi connectivity index (χ0v) is 26.5. The third-order valence-electron chi connectivity index (χ3n) is 8.86. The molecule has 242 valence electrons. The molecular formula is C32H37N6O7P. The van der Waals surface area contributed by atoms with E-state index in [2.05, 4.69) is 44.0 Å². The number of rotatable bonds is 11. The van der Waals surface area contributed by atoms with Gasteiger partial charge in [-0.2, -0.15) is 0 Å². The fraction of sp³-hybridized carbons (Fsp3) is 0.438. The molecule has 3 aliphatic heterocycles. The van der Waals surface area contributed by atoms with Crippen molar-refractivity contribution in [1.29, 1.82) is 0 Å². The van der Waals surface area contributed by atoms with E-state index in [1.165, 1.54) is 6.33 Å². The maximum atomic E-state index is 12.9. The van der Waals surface area contributed by atoms with Crippen molar-refractivity contribution in [2.45, 2.75) is 55.9 Å². The lowest BCUT2D eigenvalue weighted by Crippen LogP contribution is -2.38. The van der Waals surface area contributed by atoms with Crippen molar-refractivity contribution >= 4 is 31.4 Å². The molecule has 2 N–H and O–H groups in total. The van der Waals surface area contributed by atoms with Crippen molar-refractivity contribution in [3.8, 4) is 0 Å². The van der Waals surface area contributed by atoms with Gasteiger partial charge in [0.25, 0.3) is 14.4 Å². The molecule has 3 fully saturated rings. The van der Waals surface area contributed by atoms with Crippen LogP contribution in [0.3, 0.4) is 0 Å². The second-order valence-electron chi connectivity index (χ2n) is 11.6. The average molecular weight is 649 g/mol. The first kappa shape index (κ1) is 31.2. The fourth-order valence-corrected chi connectivity index (χ4v) is 8.69. The van der Waals surface area contributed by atoms with Gasteiger partial charge in [0.15, 0.2) is 23.2 Å². The number of ether oxygens (including phenoxy) is 3. The molecule has 0 bridgehead atoms. The smallest absolute Gasteiger partial charge is 0.260 e. The summed E-state index contributed by atoms with van der Waals surface area (Å²) >= 11 is 0. The molecule has 46 heavy (non-hydrogen) atoms. The monoisotopic (exact) mass is 648 g/mol. The van der Waals surface area contributed by atoms with Crippen LogP contribution in [0.15, 0.2) is 73.3 Å². The number of nitrogens with zero attached hydrogens (tertiary/aromatic N) is 5. The maximum Gasteiger partial charge on any atom is 0.260 e. The van der Waals surface area contributed by atoms with Crippen LogP contribution in [0.5, 0.6) is 0 Å². The van der Waals surface area contributed by atoms with Gasteiger partial charge in [-0.1, -0.05) is 48.5 Å². The highest BCUT2D eigenvalue weighted by molar-refractivity contribution is 7.45. The summed E-state index contributed by atoms with van der Waals surface area (Å²) in [4.78, 5) is 26.2. The first-order chi connectivity index (χ1) is 22.5. The number of anilines is 1. The van der Waals surface area contributed by atoms with E-state index < -0.39 is 38.7 Å². The molecule has 14 heteroatoms. The Labute approximate surface area is 267 Å². The second kappa shape index (κ2) is 13.4. The Kier molecular flexibility index (Phi) is 9.08. The normalized spacial score (nSPS) is 29.4. The molecule has 13 nitrogen and oxygen atoms in total. The summed E-state index contributed by atoms with van der Waals surface area (Å²) in [7, 11) is 0.106. The van der Waals surface area contributed by atoms with Crippen molar-refractivity contribution in [2.75, 3.05) is 38.8 Å². The number of carbonyl (C=O) groups is 1. The van der Waals surface area contributed by atoms with E-state index >= 15 is 0 Å². The number of methoxy groups -OCH3 is 1. The summed E-state index contributed by atoms with van der Waals surface area (Å²) in [6.07, 6.45) is 2.16. The van der Waals surface area contributed by atoms with Crippen LogP contribution in [0.2, 0.25) is 0 Å². The summed E-state index contributed by atoms with van der Waals surface area (Å²) in [6.45, 7) is 3.31. The molecule has 3 aliphatic rings. The van der Waals surface area contributed by atoms with Crippen LogP contribution in [0.4, 0.5) is 5.82 Å². The molecule has 0 spiro atoms. The number of aliphatic hydroxyl groups excluding tert-OH is 1. The Morgan fingerprint density at radius 3 is 2.63 bits per heavy atom. The lowest BCUT2D eigenvalue weighted by Gasteiger charge is -2.29. The highest BCUT2D eigenvalue weighted by Gasteiger charge is 2.58. The molecule has 0 saturated carbocycles. The van der Waals surface area contributed by atoms with E-state index in [0.717, 1.165) is 24.9 Å². The summed E-state index contributed by atoms with van der Waals surface area (Å²) in [5.74, 6) is -0.0505. The third kappa shape index (κ3) is 5.71. The molecule has 4 aromatic rings. The Balaban J connectivity index is 1.18. The van der Waals surface area contributed by atoms with Gasteiger partial charge in [0, 0.05) is 19.2 Å². The molecule has 5 heterocycles. The lowest BCUT2D eigenvalue weighted by atomic mass is 9.87. The van der Waals surface area contributed by atoms with E-state index in [9.17, 15) is 9.90 Å². The molecule has 2 aromatic heterocycles. The number of carbonyl (C=O) groups excluding carboxylic acids is 1. The SMILES string of the molecule is COCCO[C@H]1C(O[P@@]2O[C@](C)(c3ccccc3)[C@@H]3CCCN32)[C@@H](CO)O[C@H]1n1cnc2c(NC(=O)c3ccccc3)ncnc21. The maximum absolute atomic E-state index is 12.9. The summed E-state index contributed by atoms with van der Waals surface area (Å²) in [6, 6.07) is 19.3. The van der Waals surface area contributed by atoms with Crippen LogP contribution in [0.1, 0.15) is 41.9 Å². The molecular weight excluding hydrogens is 611 g/mol. The zero-order valence-electron chi connectivity index (χ0n) is 25.6. The predicted molar refractivity (Wildman–Crippen MR) is 169 cm³/mol. The number of nitrogens with one attached hydrogen (secondary N) is 1. The number of aromatic nitrogens is 4. The number of hydrogen-bond acceptors (Lipinski definition) is 11. The summed E-state index contributed by atoms with van der Waals surface area (Å²) in [5.41, 5.74) is 1.87. The molecule has 3 saturated heterocycles. The van der Waals surface area contributed by atoms with Crippen LogP contribution in [0, 0.1) is 0 Å². The van der Waals surface area contributed by atoms with Crippen LogP contribution < -0.4 is 5.32 Å². The highest BCUT2D eigenvalue weighted by Crippen LogP contribution is 2.64. The van der Waals surface area contributed by atoms with Gasteiger partial charge in [-0.25, -0.2) is 19.6 Å². The quantitative estimate of drug-likeness (QED) is 0.180. The van der Waals surface area contributed by atoms with Gasteiger partial charge < -0.3 is 33.7 Å². The van der Waals surface area contributed by atoms with E-state index in [1.807, 2.05) is 24.3 Å². The van der Waals surface area contributed by atoms with Gasteiger partial charge in [-0.15, -0.1) is 0 Å². The Hall–Kier alpha value is -3.39. The Bertz CT molecular complexity index is 1650. The van der Waals surface area contributed by atoms with E-state index in [-0.39, 0.29) is 31.0 Å². The van der Waals surface area contributed by atoms with Gasteiger partial charge in [-0.05, 0) is 37.5 Å². The number of amides is 1. The number of imidazole rings is 1. The highest BCUT2D eigenvalue weighted by atomic mass is 31.2. The Morgan fingerprint density at radius 1 is 1.09 bits per heavy atom. The predicted octanol–water partition coefficient (Wildman–Crippen LogP) is 4.02. The minimum atomic E-state index is -1.50. The summed E-state index contributed by atoms with van der Waals surface area (Å²) in [5, 5.41) is 13.4. The first-order valence-electron chi connectivity index (χ1n) is 15.4. The average Bonchev–Trinajstić information content (AvgIpc) is 3.87. The van der Waals surface area contributed by atoms with Crippen LogP contribution in [-0.4, -0.2) is 93.0 Å². The zero-order chi connectivity index (χ0) is 31.7. The van der Waals surface area contributed by atoms with Gasteiger partial charge in [0.2, 0.25) is 0 Å². The number of aliphatic hydroxyl groups is 1. The van der Waals surface area contributed by atoms with Gasteiger partial charge in [0.05, 0.1) is 32.2 Å². The molecule has 1 unspecified atom stereocenters. The minimum Gasteiger partial charge on any atom is -0.394 e. The first-order valence-corrected chi connectivity index (χ1v) is 16.5. The lowest BCUT2D eigenvalue weighted by molar-refractivity contribution is -0.0777. The number of benzene rings is 2. The fourth-order valence-electron chi connectivity index (χ4n) is 6.53. The minimum absolute atomic E-state index is 0.165. The van der Waals surface area contributed by atoms with Crippen LogP contribution in [0.25, 0.3) is 11.2 Å². The largest absolute Gasteiger partial charge is 0.394 e. The molecule has 7 atom stereocenters. The van der Waals surface area contributed by atoms with Crippen LogP contribution >= 0.6 is 8.53 Å². The van der Waals surface area contributed by atoms with Crippen molar-refractivity contribution in [2.24, 2.45) is 0 Å². The van der Waals surface area contributed by atoms with Crippen molar-refractivity contribution < 1.29 is 33.2 Å². The van der Waals surface area contributed by atoms with Gasteiger partial charge in [0.1, 0.15) is 30.2 Å². The van der Waals surface area contributed by atoms with Crippen molar-refractivity contribution in [1.82, 2.24) is 24.2 Å². The molecule has 2 aromatic carbocycles. The molecule has 0 aliphatic carbocycles. The standard InChI is InChI=1S/C32H37N6O7P/c1-32(22-12-7-4-8-13-22)24-14-9-15-38(24)46(45-32)44-26-23(18-39)43-31(27(26)42-17-16-41-2)37-20-35-25-28(33-19-34-29(25)37)36-30(40)21-10-5-3-6-11-21/h3-8,10-13,19-20,23-24,26-27,31,39H,9,14-18H2,1-2H3,(H,33,34,36,40)/t23-,24+,26?,27+,31-,32-,46+/m1/s1. The van der Waals surface area contributed by atoms with E-state index in [0.29, 0.717) is 23.3 Å². The van der Waals surface area contributed by atoms with Gasteiger partial charge in [-0.3, -0.25) is 9.36 Å². The third-order valence-corrected chi connectivity index (χ3v) is 10.7. The second-order valence-corrected chi connectivity index (χ2v) is 13.0.